The normalized spacial score (nSPS) is 11.3. The van der Waals surface area contributed by atoms with Crippen LogP contribution in [0.2, 0.25) is 10.0 Å². The van der Waals surface area contributed by atoms with Crippen molar-refractivity contribution in [3.8, 4) is 10.8 Å². The number of halogens is 3. The summed E-state index contributed by atoms with van der Waals surface area (Å²) in [7, 11) is 0. The molecule has 0 saturated carbocycles. The number of benzene rings is 2. The van der Waals surface area contributed by atoms with Crippen molar-refractivity contribution in [3.63, 3.8) is 0 Å². The molecule has 0 N–H and O–H groups in total. The van der Waals surface area contributed by atoms with Crippen molar-refractivity contribution >= 4 is 56.4 Å². The molecule has 3 nitrogen and oxygen atoms in total. The highest BCUT2D eigenvalue weighted by Gasteiger charge is 2.18. The molecule has 0 unspecified atom stereocenters. The van der Waals surface area contributed by atoms with Crippen LogP contribution in [0.15, 0.2) is 52.1 Å². The van der Waals surface area contributed by atoms with Crippen LogP contribution in [0.3, 0.4) is 0 Å². The van der Waals surface area contributed by atoms with E-state index in [1.165, 1.54) is 29.2 Å². The molecule has 0 bridgehead atoms. The molecule has 126 valence electrons. The summed E-state index contributed by atoms with van der Waals surface area (Å²) in [5, 5.41) is 10.3. The summed E-state index contributed by atoms with van der Waals surface area (Å²) in [4.78, 5) is 0.728. The summed E-state index contributed by atoms with van der Waals surface area (Å²) in [6, 6.07) is 12.4. The van der Waals surface area contributed by atoms with Crippen molar-refractivity contribution in [3.05, 3.63) is 63.9 Å². The molecule has 0 spiro atoms. The van der Waals surface area contributed by atoms with Gasteiger partial charge in [-0.1, -0.05) is 59.2 Å². The smallest absolute Gasteiger partial charge is 0.277 e. The zero-order valence-electron chi connectivity index (χ0n) is 12.5. The van der Waals surface area contributed by atoms with Crippen LogP contribution in [0.5, 0.6) is 0 Å². The summed E-state index contributed by atoms with van der Waals surface area (Å²) in [6.45, 7) is 0. The van der Waals surface area contributed by atoms with Gasteiger partial charge in [-0.05, 0) is 18.2 Å². The largest absolute Gasteiger partial charge is 0.410 e. The second-order valence-corrected chi connectivity index (χ2v) is 7.87. The van der Waals surface area contributed by atoms with E-state index in [4.69, 9.17) is 27.6 Å². The van der Waals surface area contributed by atoms with Crippen molar-refractivity contribution in [2.45, 2.75) is 11.0 Å². The monoisotopic (exact) mass is 410 g/mol. The van der Waals surface area contributed by atoms with Crippen LogP contribution in [0.1, 0.15) is 5.56 Å². The van der Waals surface area contributed by atoms with E-state index in [2.05, 4.69) is 10.2 Å². The Labute approximate surface area is 160 Å². The topological polar surface area (TPSA) is 38.9 Å². The molecule has 0 aliphatic rings. The molecule has 0 radical (unpaired) electrons. The Morgan fingerprint density at radius 3 is 2.72 bits per heavy atom. The molecule has 0 aliphatic heterocycles. The van der Waals surface area contributed by atoms with Gasteiger partial charge in [0.1, 0.15) is 10.7 Å². The third-order valence-corrected chi connectivity index (χ3v) is 6.40. The highest BCUT2D eigenvalue weighted by molar-refractivity contribution is 7.98. The van der Waals surface area contributed by atoms with Crippen molar-refractivity contribution in [2.24, 2.45) is 0 Å². The molecule has 4 rings (SSSR count). The van der Waals surface area contributed by atoms with E-state index in [1.54, 1.807) is 12.1 Å². The molecule has 0 saturated heterocycles. The van der Waals surface area contributed by atoms with Crippen molar-refractivity contribution in [1.29, 1.82) is 0 Å². The van der Waals surface area contributed by atoms with Gasteiger partial charge in [-0.15, -0.1) is 21.5 Å². The van der Waals surface area contributed by atoms with Crippen LogP contribution in [0, 0.1) is 5.82 Å². The molecule has 4 aromatic rings. The lowest BCUT2D eigenvalue weighted by atomic mass is 10.2. The highest BCUT2D eigenvalue weighted by atomic mass is 35.5. The predicted octanol–water partition coefficient (Wildman–Crippen LogP) is 6.69. The number of aromatic nitrogens is 2. The van der Waals surface area contributed by atoms with Gasteiger partial charge in [0.25, 0.3) is 11.1 Å². The minimum atomic E-state index is -0.354. The Morgan fingerprint density at radius 2 is 1.92 bits per heavy atom. The molecule has 0 amide bonds. The minimum Gasteiger partial charge on any atom is -0.410 e. The van der Waals surface area contributed by atoms with Crippen LogP contribution in [-0.4, -0.2) is 10.2 Å². The number of rotatable bonds is 4. The van der Waals surface area contributed by atoms with Gasteiger partial charge in [-0.2, -0.15) is 0 Å². The number of hydrogen-bond donors (Lipinski definition) is 0. The van der Waals surface area contributed by atoms with Gasteiger partial charge >= 0.3 is 0 Å². The second kappa shape index (κ2) is 6.96. The minimum absolute atomic E-state index is 0.299. The first-order valence-electron chi connectivity index (χ1n) is 7.20. The summed E-state index contributed by atoms with van der Waals surface area (Å²) < 4.78 is 20.5. The predicted molar refractivity (Wildman–Crippen MR) is 101 cm³/mol. The molecule has 0 aliphatic carbocycles. The van der Waals surface area contributed by atoms with E-state index in [9.17, 15) is 4.39 Å². The van der Waals surface area contributed by atoms with E-state index < -0.39 is 0 Å². The van der Waals surface area contributed by atoms with E-state index in [0.29, 0.717) is 32.5 Å². The van der Waals surface area contributed by atoms with Crippen LogP contribution in [0.4, 0.5) is 4.39 Å². The zero-order valence-corrected chi connectivity index (χ0v) is 15.6. The maximum absolute atomic E-state index is 13.8. The van der Waals surface area contributed by atoms with Gasteiger partial charge in [0, 0.05) is 26.4 Å². The van der Waals surface area contributed by atoms with E-state index in [-0.39, 0.29) is 5.82 Å². The molecule has 8 heteroatoms. The van der Waals surface area contributed by atoms with E-state index in [0.717, 1.165) is 15.0 Å². The first-order valence-corrected chi connectivity index (χ1v) is 9.76. The molecule has 2 aromatic carbocycles. The Kier molecular flexibility index (Phi) is 4.69. The molecular formula is C17H9Cl2FN2OS2. The molecule has 2 heterocycles. The first kappa shape index (κ1) is 16.8. The Hall–Kier alpha value is -1.60. The molecule has 0 fully saturated rings. The first-order chi connectivity index (χ1) is 12.1. The third-order valence-electron chi connectivity index (χ3n) is 3.54. The van der Waals surface area contributed by atoms with Gasteiger partial charge in [0.05, 0.1) is 5.02 Å². The Balaban J connectivity index is 1.59. The lowest BCUT2D eigenvalue weighted by molar-refractivity contribution is 0.466. The fourth-order valence-corrected chi connectivity index (χ4v) is 4.86. The molecule has 25 heavy (non-hydrogen) atoms. The van der Waals surface area contributed by atoms with Crippen LogP contribution in [0.25, 0.3) is 20.9 Å². The fourth-order valence-electron chi connectivity index (χ4n) is 2.32. The number of nitrogens with zero attached hydrogens (tertiary/aromatic N) is 2. The third kappa shape index (κ3) is 3.27. The molecule has 2 aromatic heterocycles. The number of hydrogen-bond acceptors (Lipinski definition) is 5. The maximum Gasteiger partial charge on any atom is 0.277 e. The van der Waals surface area contributed by atoms with Crippen molar-refractivity contribution in [2.75, 3.05) is 0 Å². The van der Waals surface area contributed by atoms with Gasteiger partial charge < -0.3 is 4.42 Å². The lowest BCUT2D eigenvalue weighted by Crippen LogP contribution is -1.88. The van der Waals surface area contributed by atoms with Crippen molar-refractivity contribution < 1.29 is 8.81 Å². The summed E-state index contributed by atoms with van der Waals surface area (Å²) in [5.41, 5.74) is 0.411. The number of fused-ring (bicyclic) bond motifs is 1. The maximum atomic E-state index is 13.8. The Bertz CT molecular complexity index is 1040. The standard InChI is InChI=1S/C17H9Cl2FN2OS2/c18-11-5-3-6-12(20)10(11)8-24-17-22-21-16(23-17)15-14(19)9-4-1-2-7-13(9)25-15/h1-7H,8H2. The van der Waals surface area contributed by atoms with E-state index in [1.807, 2.05) is 24.3 Å². The summed E-state index contributed by atoms with van der Waals surface area (Å²) in [6.07, 6.45) is 0. The summed E-state index contributed by atoms with van der Waals surface area (Å²) in [5.74, 6) is 0.299. The molecular weight excluding hydrogens is 402 g/mol. The van der Waals surface area contributed by atoms with Gasteiger partial charge in [0.15, 0.2) is 0 Å². The van der Waals surface area contributed by atoms with Crippen LogP contribution >= 0.6 is 46.3 Å². The molecule has 0 atom stereocenters. The van der Waals surface area contributed by atoms with E-state index >= 15 is 0 Å². The average Bonchev–Trinajstić information content (AvgIpc) is 3.20. The Morgan fingerprint density at radius 1 is 1.08 bits per heavy atom. The second-order valence-electron chi connectivity index (χ2n) is 5.10. The number of thiophene rings is 1. The highest BCUT2D eigenvalue weighted by Crippen LogP contribution is 2.42. The van der Waals surface area contributed by atoms with Gasteiger partial charge in [-0.25, -0.2) is 4.39 Å². The zero-order chi connectivity index (χ0) is 17.4. The van der Waals surface area contributed by atoms with Crippen LogP contribution < -0.4 is 0 Å². The quantitative estimate of drug-likeness (QED) is 0.351. The van der Waals surface area contributed by atoms with Crippen LogP contribution in [-0.2, 0) is 5.75 Å². The SMILES string of the molecule is Fc1cccc(Cl)c1CSc1nnc(-c2sc3ccccc3c2Cl)o1. The van der Waals surface area contributed by atoms with Gasteiger partial charge in [-0.3, -0.25) is 0 Å². The van der Waals surface area contributed by atoms with Crippen molar-refractivity contribution in [1.82, 2.24) is 10.2 Å². The number of thioether (sulfide) groups is 1. The average molecular weight is 411 g/mol. The summed E-state index contributed by atoms with van der Waals surface area (Å²) >= 11 is 15.2. The lowest BCUT2D eigenvalue weighted by Gasteiger charge is -2.02. The van der Waals surface area contributed by atoms with Gasteiger partial charge in [0.2, 0.25) is 0 Å². The fraction of sp³-hybridized carbons (Fsp3) is 0.0588.